The highest BCUT2D eigenvalue weighted by molar-refractivity contribution is 6.88. The van der Waals surface area contributed by atoms with E-state index in [-0.39, 0.29) is 0 Å². The van der Waals surface area contributed by atoms with Crippen LogP contribution >= 0.6 is 0 Å². The first-order chi connectivity index (χ1) is 29.9. The third kappa shape index (κ3) is 6.62. The zero-order chi connectivity index (χ0) is 41.1. The van der Waals surface area contributed by atoms with Crippen molar-refractivity contribution in [3.05, 3.63) is 212 Å². The second kappa shape index (κ2) is 14.7. The van der Waals surface area contributed by atoms with E-state index in [0.29, 0.717) is 0 Å². The molecule has 0 aliphatic heterocycles. The fourth-order valence-electron chi connectivity index (χ4n) is 8.93. The number of nitrogens with zero attached hydrogens (tertiary/aromatic N) is 2. The summed E-state index contributed by atoms with van der Waals surface area (Å²) in [6.07, 6.45) is 0. The van der Waals surface area contributed by atoms with Gasteiger partial charge in [0, 0.05) is 44.3 Å². The third-order valence-electron chi connectivity index (χ3n) is 12.2. The van der Waals surface area contributed by atoms with Gasteiger partial charge in [-0.25, -0.2) is 0 Å². The first kappa shape index (κ1) is 36.7. The van der Waals surface area contributed by atoms with Gasteiger partial charge in [0.2, 0.25) is 0 Å². The summed E-state index contributed by atoms with van der Waals surface area (Å²) in [5, 5.41) is 6.26. The number of rotatable bonds is 8. The van der Waals surface area contributed by atoms with Crippen molar-refractivity contribution in [2.45, 2.75) is 19.6 Å². The minimum Gasteiger partial charge on any atom is -0.456 e. The van der Waals surface area contributed by atoms with Gasteiger partial charge >= 0.3 is 0 Å². The number of anilines is 3. The molecule has 0 unspecified atom stereocenters. The Bertz CT molecular complexity index is 3360. The molecule has 0 spiro atoms. The molecule has 0 saturated heterocycles. The summed E-state index contributed by atoms with van der Waals surface area (Å²) in [5.41, 5.74) is 15.8. The van der Waals surface area contributed by atoms with E-state index < -0.39 is 8.07 Å². The fraction of sp³-hybridized carbons (Fsp3) is 0.0526. The van der Waals surface area contributed by atoms with Crippen LogP contribution in [0.15, 0.2) is 217 Å². The van der Waals surface area contributed by atoms with Crippen LogP contribution < -0.4 is 10.1 Å². The molecule has 0 amide bonds. The van der Waals surface area contributed by atoms with Crippen LogP contribution in [0.25, 0.3) is 82.8 Å². The molecule has 2 aromatic heterocycles. The van der Waals surface area contributed by atoms with E-state index in [1.165, 1.54) is 54.9 Å². The number of para-hydroxylation sites is 3. The van der Waals surface area contributed by atoms with Crippen LogP contribution in [0.1, 0.15) is 0 Å². The van der Waals surface area contributed by atoms with Gasteiger partial charge in [-0.1, -0.05) is 152 Å². The monoisotopic (exact) mass is 800 g/mol. The van der Waals surface area contributed by atoms with Crippen molar-refractivity contribution >= 4 is 74.1 Å². The Morgan fingerprint density at radius 3 is 1.44 bits per heavy atom. The van der Waals surface area contributed by atoms with Gasteiger partial charge in [-0.05, 0) is 118 Å². The van der Waals surface area contributed by atoms with Gasteiger partial charge in [0.05, 0.1) is 19.1 Å². The van der Waals surface area contributed by atoms with Gasteiger partial charge in [-0.3, -0.25) is 0 Å². The lowest BCUT2D eigenvalue weighted by Crippen LogP contribution is -2.37. The third-order valence-corrected chi connectivity index (χ3v) is 14.3. The van der Waals surface area contributed by atoms with Gasteiger partial charge in [0.25, 0.3) is 0 Å². The molecule has 61 heavy (non-hydrogen) atoms. The van der Waals surface area contributed by atoms with E-state index in [1.807, 2.05) is 12.1 Å². The van der Waals surface area contributed by atoms with Crippen LogP contribution in [0.2, 0.25) is 19.6 Å². The highest BCUT2D eigenvalue weighted by atomic mass is 28.3. The van der Waals surface area contributed by atoms with Crippen molar-refractivity contribution < 1.29 is 4.42 Å². The molecule has 0 aliphatic carbocycles. The Morgan fingerprint density at radius 1 is 0.361 bits per heavy atom. The zero-order valence-electron chi connectivity index (χ0n) is 34.5. The van der Waals surface area contributed by atoms with Crippen molar-refractivity contribution in [1.29, 1.82) is 0 Å². The largest absolute Gasteiger partial charge is 0.456 e. The zero-order valence-corrected chi connectivity index (χ0v) is 35.5. The Hall–Kier alpha value is -7.40. The molecule has 0 saturated carbocycles. The average molecular weight is 801 g/mol. The Labute approximate surface area is 357 Å². The lowest BCUT2D eigenvalue weighted by Gasteiger charge is -2.26. The fourth-order valence-corrected chi connectivity index (χ4v) is 10.1. The normalized spacial score (nSPS) is 11.9. The topological polar surface area (TPSA) is 21.3 Å². The lowest BCUT2D eigenvalue weighted by molar-refractivity contribution is 0.669. The Morgan fingerprint density at radius 2 is 0.820 bits per heavy atom. The highest BCUT2D eigenvalue weighted by Crippen LogP contribution is 2.40. The standard InChI is InChI=1S/C57H44N2OSi/c1-61(2,3)49-33-23-40(24-34-49)39-17-27-46(28-18-39)58(48-31-21-42(22-32-48)44-25-35-52-51-14-8-10-16-56(51)60-57(52)38-44)47-29-19-41(20-30-47)43-26-36-55-53(37-43)50-13-7-9-15-54(50)59(55)45-11-5-4-6-12-45/h4-38H,1-3H3. The predicted molar refractivity (Wildman–Crippen MR) is 262 cm³/mol. The Balaban J connectivity index is 0.958. The van der Waals surface area contributed by atoms with Crippen LogP contribution in [-0.2, 0) is 0 Å². The molecule has 0 N–H and O–H groups in total. The predicted octanol–water partition coefficient (Wildman–Crippen LogP) is 15.7. The first-order valence-electron chi connectivity index (χ1n) is 21.1. The second-order valence-corrected chi connectivity index (χ2v) is 22.1. The summed E-state index contributed by atoms with van der Waals surface area (Å²) in [6, 6.07) is 77.1. The SMILES string of the molecule is C[Si](C)(C)c1ccc(-c2ccc(N(c3ccc(-c4ccc5c(c4)oc4ccccc45)cc3)c3ccc(-c4ccc5c(c4)c4ccccc4n5-c4ccccc4)cc3)cc2)cc1. The average Bonchev–Trinajstić information content (AvgIpc) is 3.85. The van der Waals surface area contributed by atoms with E-state index in [9.17, 15) is 0 Å². The minimum atomic E-state index is -1.38. The molecular formula is C57H44N2OSi. The van der Waals surface area contributed by atoms with Crippen molar-refractivity contribution in [3.8, 4) is 39.1 Å². The van der Waals surface area contributed by atoms with Gasteiger partial charge in [-0.15, -0.1) is 0 Å². The molecule has 292 valence electrons. The number of hydrogen-bond acceptors (Lipinski definition) is 2. The molecule has 0 bridgehead atoms. The number of benzene rings is 9. The summed E-state index contributed by atoms with van der Waals surface area (Å²) in [4.78, 5) is 2.35. The molecule has 0 atom stereocenters. The maximum Gasteiger partial charge on any atom is 0.136 e. The van der Waals surface area contributed by atoms with E-state index >= 15 is 0 Å². The van der Waals surface area contributed by atoms with Gasteiger partial charge in [-0.2, -0.15) is 0 Å². The van der Waals surface area contributed by atoms with Crippen LogP contribution in [0.4, 0.5) is 17.1 Å². The Kier molecular flexibility index (Phi) is 8.83. The summed E-state index contributed by atoms with van der Waals surface area (Å²) in [7, 11) is -1.38. The number of furan rings is 1. The van der Waals surface area contributed by atoms with E-state index in [0.717, 1.165) is 50.1 Å². The van der Waals surface area contributed by atoms with E-state index in [2.05, 4.69) is 229 Å². The lowest BCUT2D eigenvalue weighted by atomic mass is 10.0. The van der Waals surface area contributed by atoms with Crippen LogP contribution in [0, 0.1) is 0 Å². The molecule has 2 heterocycles. The highest BCUT2D eigenvalue weighted by Gasteiger charge is 2.18. The smallest absolute Gasteiger partial charge is 0.136 e. The van der Waals surface area contributed by atoms with Crippen molar-refractivity contribution in [3.63, 3.8) is 0 Å². The molecule has 0 radical (unpaired) electrons. The molecule has 11 aromatic rings. The maximum atomic E-state index is 6.25. The van der Waals surface area contributed by atoms with Crippen molar-refractivity contribution in [1.82, 2.24) is 4.57 Å². The molecular weight excluding hydrogens is 757 g/mol. The van der Waals surface area contributed by atoms with Crippen LogP contribution in [0.3, 0.4) is 0 Å². The van der Waals surface area contributed by atoms with Crippen molar-refractivity contribution in [2.24, 2.45) is 0 Å². The van der Waals surface area contributed by atoms with Gasteiger partial charge < -0.3 is 13.9 Å². The summed E-state index contributed by atoms with van der Waals surface area (Å²) >= 11 is 0. The minimum absolute atomic E-state index is 0.904. The maximum absolute atomic E-state index is 6.25. The van der Waals surface area contributed by atoms with E-state index in [1.54, 1.807) is 0 Å². The van der Waals surface area contributed by atoms with E-state index in [4.69, 9.17) is 4.42 Å². The second-order valence-electron chi connectivity index (χ2n) is 17.0. The molecule has 4 heteroatoms. The summed E-state index contributed by atoms with van der Waals surface area (Å²) in [6.45, 7) is 7.19. The number of hydrogen-bond donors (Lipinski definition) is 0. The molecule has 0 aliphatic rings. The van der Waals surface area contributed by atoms with Gasteiger partial charge in [0.15, 0.2) is 0 Å². The van der Waals surface area contributed by atoms with Crippen LogP contribution in [0.5, 0.6) is 0 Å². The first-order valence-corrected chi connectivity index (χ1v) is 24.6. The number of aromatic nitrogens is 1. The molecule has 0 fully saturated rings. The van der Waals surface area contributed by atoms with Gasteiger partial charge in [0.1, 0.15) is 11.2 Å². The number of fused-ring (bicyclic) bond motifs is 6. The molecule has 9 aromatic carbocycles. The molecule has 11 rings (SSSR count). The quantitative estimate of drug-likeness (QED) is 0.143. The molecule has 3 nitrogen and oxygen atoms in total. The van der Waals surface area contributed by atoms with Crippen molar-refractivity contribution in [2.75, 3.05) is 4.90 Å². The summed E-state index contributed by atoms with van der Waals surface area (Å²) < 4.78 is 8.61. The van der Waals surface area contributed by atoms with Crippen LogP contribution in [-0.4, -0.2) is 12.6 Å². The summed E-state index contributed by atoms with van der Waals surface area (Å²) in [5.74, 6) is 0.